The maximum absolute atomic E-state index is 12.1. The highest BCUT2D eigenvalue weighted by molar-refractivity contribution is 5.80. The third-order valence-corrected chi connectivity index (χ3v) is 5.69. The van der Waals surface area contributed by atoms with Gasteiger partial charge in [-0.3, -0.25) is 9.79 Å². The van der Waals surface area contributed by atoms with Crippen LogP contribution in [0.15, 0.2) is 52.6 Å². The van der Waals surface area contributed by atoms with Gasteiger partial charge in [0.25, 0.3) is 0 Å². The molecule has 240 valence electrons. The van der Waals surface area contributed by atoms with E-state index in [1.807, 2.05) is 25.2 Å². The number of carbonyl (C=O) groups is 2. The highest BCUT2D eigenvalue weighted by Crippen LogP contribution is 2.29. The van der Waals surface area contributed by atoms with Crippen molar-refractivity contribution in [2.75, 3.05) is 26.8 Å². The average molecular weight is 598 g/mol. The third kappa shape index (κ3) is 29.9. The van der Waals surface area contributed by atoms with Crippen LogP contribution in [-0.4, -0.2) is 51.0 Å². The van der Waals surface area contributed by atoms with E-state index in [1.54, 1.807) is 14.0 Å². The number of halogens is 3. The molecule has 9 heteroatoms. The van der Waals surface area contributed by atoms with Crippen LogP contribution in [0, 0.1) is 24.2 Å². The van der Waals surface area contributed by atoms with Gasteiger partial charge in [0.15, 0.2) is 0 Å². The van der Waals surface area contributed by atoms with E-state index in [0.717, 1.165) is 56.1 Å². The molecule has 0 unspecified atom stereocenters. The summed E-state index contributed by atoms with van der Waals surface area (Å²) in [5.41, 5.74) is 7.94. The normalized spacial score (nSPS) is 17.2. The fourth-order valence-electron chi connectivity index (χ4n) is 3.36. The number of piperidine rings is 1. The Bertz CT molecular complexity index is 890. The van der Waals surface area contributed by atoms with E-state index in [2.05, 4.69) is 61.7 Å². The zero-order chi connectivity index (χ0) is 32.8. The van der Waals surface area contributed by atoms with Crippen LogP contribution < -0.4 is 11.1 Å². The number of alkyl halides is 3. The molecule has 1 aliphatic carbocycles. The first-order chi connectivity index (χ1) is 19.9. The average Bonchev–Trinajstić information content (AvgIpc) is 2.93. The highest BCUT2D eigenvalue weighted by Gasteiger charge is 2.26. The summed E-state index contributed by atoms with van der Waals surface area (Å²) in [6.45, 7) is 12.2. The van der Waals surface area contributed by atoms with Gasteiger partial charge >= 0.3 is 6.18 Å². The molecule has 6 nitrogen and oxygen atoms in total. The Kier molecular flexibility index (Phi) is 30.3. The van der Waals surface area contributed by atoms with Crippen molar-refractivity contribution in [1.29, 1.82) is 0 Å². The number of amides is 1. The maximum Gasteiger partial charge on any atom is 0.391 e. The number of ether oxygens (including phenoxy) is 1. The highest BCUT2D eigenvalue weighted by atomic mass is 19.4. The van der Waals surface area contributed by atoms with Gasteiger partial charge in [-0.25, -0.2) is 0 Å². The van der Waals surface area contributed by atoms with E-state index in [-0.39, 0.29) is 25.0 Å². The van der Waals surface area contributed by atoms with Crippen LogP contribution in [0.5, 0.6) is 0 Å². The fourth-order valence-corrected chi connectivity index (χ4v) is 3.36. The summed E-state index contributed by atoms with van der Waals surface area (Å²) in [6, 6.07) is 0. The van der Waals surface area contributed by atoms with Crippen molar-refractivity contribution >= 4 is 18.0 Å². The van der Waals surface area contributed by atoms with Gasteiger partial charge in [-0.05, 0) is 69.4 Å². The summed E-state index contributed by atoms with van der Waals surface area (Å²) < 4.78 is 41.5. The molecule has 0 bridgehead atoms. The number of allylic oxidation sites excluding steroid dienone is 7. The molecular formula is C33H54F3N3O3. The summed E-state index contributed by atoms with van der Waals surface area (Å²) in [5, 5.41) is 2.74. The molecule has 3 N–H and O–H groups in total. The summed E-state index contributed by atoms with van der Waals surface area (Å²) in [6.07, 6.45) is 18.4. The number of aldehydes is 1. The number of nitrogens with two attached hydrogens (primary N) is 1. The standard InChI is InChI=1S/C16H25F3N2O.C7H12.C5H9NO.C3H4.C2H4O/c1-11-4-5-13(12(2)8-15(20)21-3)9-14(11)10-22-7-6-16(17,18)19;1-3-5-7-6-4-2;7-5-3-1-2-4-6-5;1-3-2;1-2-3/h5,9,11-12H,4,6-8,10H2,1-3H3,(H2,20,21);3,5-7H,4H2,1-2H3;1-4H2,(H,6,7);1H,2H3;2H,1H3/b;5-3-,7-6-;;;/t11-,12+;;;;/m1..../s1. The molecule has 1 saturated heterocycles. The molecule has 1 heterocycles. The van der Waals surface area contributed by atoms with Gasteiger partial charge in [-0.1, -0.05) is 57.2 Å². The van der Waals surface area contributed by atoms with Gasteiger partial charge in [0.2, 0.25) is 5.91 Å². The van der Waals surface area contributed by atoms with Crippen molar-refractivity contribution in [2.45, 2.75) is 92.7 Å². The van der Waals surface area contributed by atoms with Crippen LogP contribution in [0.4, 0.5) is 13.2 Å². The van der Waals surface area contributed by atoms with Crippen molar-refractivity contribution in [3.63, 3.8) is 0 Å². The van der Waals surface area contributed by atoms with Gasteiger partial charge in [-0.15, -0.1) is 12.3 Å². The molecule has 42 heavy (non-hydrogen) atoms. The number of nitrogens with zero attached hydrogens (tertiary/aromatic N) is 1. The number of terminal acetylenes is 1. The minimum Gasteiger partial charge on any atom is -0.387 e. The molecule has 0 spiro atoms. The lowest BCUT2D eigenvalue weighted by molar-refractivity contribution is -0.144. The van der Waals surface area contributed by atoms with Crippen LogP contribution in [0.3, 0.4) is 0 Å². The second kappa shape index (κ2) is 29.4. The van der Waals surface area contributed by atoms with Gasteiger partial charge in [-0.2, -0.15) is 13.2 Å². The van der Waals surface area contributed by atoms with Gasteiger partial charge in [0.1, 0.15) is 6.29 Å². The lowest BCUT2D eigenvalue weighted by Crippen LogP contribution is -2.28. The zero-order valence-corrected chi connectivity index (χ0v) is 26.7. The largest absolute Gasteiger partial charge is 0.391 e. The Morgan fingerprint density at radius 2 is 1.93 bits per heavy atom. The quantitative estimate of drug-likeness (QED) is 0.0718. The number of hydrogen-bond acceptors (Lipinski definition) is 4. The summed E-state index contributed by atoms with van der Waals surface area (Å²) in [7, 11) is 1.66. The molecule has 2 rings (SSSR count). The topological polar surface area (TPSA) is 93.8 Å². The van der Waals surface area contributed by atoms with E-state index in [9.17, 15) is 18.0 Å². The van der Waals surface area contributed by atoms with Crippen molar-refractivity contribution in [3.8, 4) is 12.3 Å². The molecule has 1 aliphatic heterocycles. The second-order valence-electron chi connectivity index (χ2n) is 9.49. The number of rotatable bonds is 9. The summed E-state index contributed by atoms with van der Waals surface area (Å²) in [5.74, 6) is 3.59. The lowest BCUT2D eigenvalue weighted by Gasteiger charge is -2.23. The minimum atomic E-state index is -4.16. The summed E-state index contributed by atoms with van der Waals surface area (Å²) in [4.78, 5) is 23.1. The molecule has 0 aromatic rings. The summed E-state index contributed by atoms with van der Waals surface area (Å²) >= 11 is 0. The van der Waals surface area contributed by atoms with Crippen LogP contribution in [0.1, 0.15) is 86.5 Å². The monoisotopic (exact) mass is 597 g/mol. The van der Waals surface area contributed by atoms with E-state index >= 15 is 0 Å². The second-order valence-corrected chi connectivity index (χ2v) is 9.49. The van der Waals surface area contributed by atoms with Gasteiger partial charge in [0.05, 0.1) is 25.5 Å². The zero-order valence-electron chi connectivity index (χ0n) is 26.7. The molecule has 0 saturated carbocycles. The molecule has 2 atom stereocenters. The molecule has 0 radical (unpaired) electrons. The van der Waals surface area contributed by atoms with Crippen LogP contribution in [0.25, 0.3) is 0 Å². The van der Waals surface area contributed by atoms with Gasteiger partial charge < -0.3 is 20.6 Å². The van der Waals surface area contributed by atoms with E-state index < -0.39 is 12.6 Å². The van der Waals surface area contributed by atoms with E-state index in [1.165, 1.54) is 6.92 Å². The first kappa shape index (κ1) is 43.3. The number of amidine groups is 1. The number of aliphatic imine (C=N–C) groups is 1. The van der Waals surface area contributed by atoms with Crippen molar-refractivity contribution in [2.24, 2.45) is 22.6 Å². The SMILES string of the molecule is C#CC.C/C=C\C=C/CC.CC=O.CN=C(N)C[C@H](C)C1=CC[C@@H](C)C(COCCC(F)(F)F)=C1.O=C1CCCCN1. The fraction of sp³-hybridized carbons (Fsp3) is 0.606. The Balaban J connectivity index is -0.000000614. The Morgan fingerprint density at radius 1 is 1.31 bits per heavy atom. The first-order valence-electron chi connectivity index (χ1n) is 14.4. The molecule has 1 amide bonds. The lowest BCUT2D eigenvalue weighted by atomic mass is 9.85. The van der Waals surface area contributed by atoms with Gasteiger partial charge in [0, 0.05) is 26.4 Å². The number of nitrogens with one attached hydrogen (secondary N) is 1. The molecule has 0 aromatic heterocycles. The molecule has 2 aliphatic rings. The third-order valence-electron chi connectivity index (χ3n) is 5.69. The smallest absolute Gasteiger partial charge is 0.387 e. The molecule has 0 aromatic carbocycles. The molecular weight excluding hydrogens is 543 g/mol. The molecule has 1 fully saturated rings. The Labute approximate surface area is 252 Å². The number of hydrogen-bond donors (Lipinski definition) is 2. The van der Waals surface area contributed by atoms with Crippen molar-refractivity contribution in [1.82, 2.24) is 5.32 Å². The predicted molar refractivity (Wildman–Crippen MR) is 170 cm³/mol. The van der Waals surface area contributed by atoms with Crippen LogP contribution in [-0.2, 0) is 14.3 Å². The minimum absolute atomic E-state index is 0.214. The van der Waals surface area contributed by atoms with E-state index in [4.69, 9.17) is 15.3 Å². The predicted octanol–water partition coefficient (Wildman–Crippen LogP) is 7.52. The van der Waals surface area contributed by atoms with Crippen molar-refractivity contribution < 1.29 is 27.5 Å². The maximum atomic E-state index is 12.1. The number of carbonyl (C=O) groups excluding carboxylic acids is 2. The van der Waals surface area contributed by atoms with Crippen LogP contribution in [0.2, 0.25) is 0 Å². The van der Waals surface area contributed by atoms with E-state index in [0.29, 0.717) is 18.2 Å². The Morgan fingerprint density at radius 3 is 2.36 bits per heavy atom. The first-order valence-corrected chi connectivity index (χ1v) is 14.4. The van der Waals surface area contributed by atoms with Crippen molar-refractivity contribution in [3.05, 3.63) is 47.6 Å². The van der Waals surface area contributed by atoms with Crippen LogP contribution >= 0.6 is 0 Å². The Hall–Kier alpha value is -3.12.